The minimum absolute atomic E-state index is 0.0799. The third-order valence-electron chi connectivity index (χ3n) is 2.84. The van der Waals surface area contributed by atoms with Crippen LogP contribution in [0.1, 0.15) is 17.0 Å². The van der Waals surface area contributed by atoms with Gasteiger partial charge in [-0.1, -0.05) is 23.4 Å². The summed E-state index contributed by atoms with van der Waals surface area (Å²) in [5, 5.41) is 3.63. The van der Waals surface area contributed by atoms with Gasteiger partial charge in [-0.05, 0) is 6.07 Å². The first-order valence-corrected chi connectivity index (χ1v) is 8.48. The molecule has 0 amide bonds. The molecule has 0 unspecified atom stereocenters. The molecule has 1 heterocycles. The van der Waals surface area contributed by atoms with E-state index < -0.39 is 33.5 Å². The highest BCUT2D eigenvalue weighted by Gasteiger charge is 2.32. The molecule has 0 bridgehead atoms. The number of ether oxygens (including phenoxy) is 2. The minimum atomic E-state index is -4.90. The summed E-state index contributed by atoms with van der Waals surface area (Å²) >= 11 is 0. The molecule has 1 aromatic heterocycles. The number of benzene rings is 1. The second-order valence-corrected chi connectivity index (χ2v) is 6.97. The third-order valence-corrected chi connectivity index (χ3v) is 4.31. The molecule has 0 saturated carbocycles. The van der Waals surface area contributed by atoms with Gasteiger partial charge in [0.05, 0.1) is 12.4 Å². The first-order chi connectivity index (χ1) is 11.2. The maximum atomic E-state index is 12.4. The molecule has 1 aromatic carbocycles. The summed E-state index contributed by atoms with van der Waals surface area (Å²) in [6, 6.07) is 6.49. The number of hydrogen-bond donors (Lipinski definition) is 0. The zero-order valence-electron chi connectivity index (χ0n) is 12.5. The van der Waals surface area contributed by atoms with Crippen LogP contribution in [0.3, 0.4) is 0 Å². The Morgan fingerprint density at radius 2 is 1.92 bits per heavy atom. The number of methoxy groups -OCH3 is 1. The highest BCUT2D eigenvalue weighted by atomic mass is 32.2. The van der Waals surface area contributed by atoms with Crippen molar-refractivity contribution in [3.05, 3.63) is 47.3 Å². The van der Waals surface area contributed by atoms with Gasteiger partial charge in [0.15, 0.2) is 15.6 Å². The van der Waals surface area contributed by atoms with Gasteiger partial charge < -0.3 is 14.0 Å². The van der Waals surface area contributed by atoms with Crippen molar-refractivity contribution in [3.63, 3.8) is 0 Å². The number of sulfone groups is 1. The van der Waals surface area contributed by atoms with E-state index in [1.165, 1.54) is 31.4 Å². The Balaban J connectivity index is 2.14. The molecular formula is C14H14F3NO5S. The molecular weight excluding hydrogens is 351 g/mol. The highest BCUT2D eigenvalue weighted by molar-refractivity contribution is 7.89. The summed E-state index contributed by atoms with van der Waals surface area (Å²) in [4.78, 5) is 0. The number of aromatic nitrogens is 1. The van der Waals surface area contributed by atoms with Crippen LogP contribution in [0.15, 0.2) is 34.9 Å². The summed E-state index contributed by atoms with van der Waals surface area (Å²) < 4.78 is 75.1. The maximum absolute atomic E-state index is 12.4. The standard InChI is InChI=1S/C14H14F3NO5S/c1-21-7-11-6-12(23-18-11)9-24(19,20)8-10-4-2-3-5-13(10)22-14(15,16)17/h2-6H,7-9H2,1H3. The van der Waals surface area contributed by atoms with Gasteiger partial charge in [-0.3, -0.25) is 0 Å². The quantitative estimate of drug-likeness (QED) is 0.751. The average molecular weight is 365 g/mol. The molecule has 0 fully saturated rings. The van der Waals surface area contributed by atoms with Crippen LogP contribution in [0.4, 0.5) is 13.2 Å². The van der Waals surface area contributed by atoms with Crippen LogP contribution in [-0.4, -0.2) is 27.0 Å². The predicted octanol–water partition coefficient (Wildman–Crippen LogP) is 2.83. The fourth-order valence-corrected chi connectivity index (χ4v) is 3.38. The van der Waals surface area contributed by atoms with Crippen molar-refractivity contribution in [2.45, 2.75) is 24.5 Å². The SMILES string of the molecule is COCc1cc(CS(=O)(=O)Cc2ccccc2OC(F)(F)F)on1. The van der Waals surface area contributed by atoms with Crippen molar-refractivity contribution < 1.29 is 35.6 Å². The Labute approximate surface area is 136 Å². The van der Waals surface area contributed by atoms with Crippen LogP contribution in [0, 0.1) is 0 Å². The van der Waals surface area contributed by atoms with E-state index in [0.29, 0.717) is 5.69 Å². The van der Waals surface area contributed by atoms with E-state index in [9.17, 15) is 21.6 Å². The van der Waals surface area contributed by atoms with E-state index in [4.69, 9.17) is 9.26 Å². The average Bonchev–Trinajstić information content (AvgIpc) is 2.86. The Bertz CT molecular complexity index is 786. The summed E-state index contributed by atoms with van der Waals surface area (Å²) in [6.07, 6.45) is -4.90. The normalized spacial score (nSPS) is 12.3. The summed E-state index contributed by atoms with van der Waals surface area (Å²) in [5.41, 5.74) is 0.329. The third kappa shape index (κ3) is 5.53. The largest absolute Gasteiger partial charge is 0.573 e. The van der Waals surface area contributed by atoms with E-state index >= 15 is 0 Å². The number of para-hydroxylation sites is 1. The molecule has 0 spiro atoms. The topological polar surface area (TPSA) is 78.6 Å². The lowest BCUT2D eigenvalue weighted by atomic mass is 10.2. The zero-order valence-corrected chi connectivity index (χ0v) is 13.4. The van der Waals surface area contributed by atoms with Crippen molar-refractivity contribution in [1.82, 2.24) is 5.16 Å². The Hall–Kier alpha value is -2.07. The molecule has 2 rings (SSSR count). The van der Waals surface area contributed by atoms with Crippen LogP contribution < -0.4 is 4.74 Å². The Morgan fingerprint density at radius 1 is 1.21 bits per heavy atom. The van der Waals surface area contributed by atoms with E-state index in [0.717, 1.165) is 6.07 Å². The summed E-state index contributed by atoms with van der Waals surface area (Å²) in [6.45, 7) is 0.159. The monoisotopic (exact) mass is 365 g/mol. The molecule has 0 aliphatic carbocycles. The Kier molecular flexibility index (Phi) is 5.50. The van der Waals surface area contributed by atoms with Crippen molar-refractivity contribution in [3.8, 4) is 5.75 Å². The van der Waals surface area contributed by atoms with Crippen LogP contribution in [-0.2, 0) is 32.7 Å². The Morgan fingerprint density at radius 3 is 2.58 bits per heavy atom. The van der Waals surface area contributed by atoms with E-state index in [1.54, 1.807) is 0 Å². The fraction of sp³-hybridized carbons (Fsp3) is 0.357. The van der Waals surface area contributed by atoms with Crippen molar-refractivity contribution in [1.29, 1.82) is 0 Å². The lowest BCUT2D eigenvalue weighted by molar-refractivity contribution is -0.274. The first kappa shape index (κ1) is 18.3. The summed E-state index contributed by atoms with van der Waals surface area (Å²) in [7, 11) is -2.34. The number of halogens is 3. The summed E-state index contributed by atoms with van der Waals surface area (Å²) in [5.74, 6) is -1.59. The van der Waals surface area contributed by atoms with E-state index in [2.05, 4.69) is 9.89 Å². The van der Waals surface area contributed by atoms with Gasteiger partial charge in [-0.2, -0.15) is 0 Å². The number of hydrogen-bond acceptors (Lipinski definition) is 6. The van der Waals surface area contributed by atoms with Gasteiger partial charge in [0.1, 0.15) is 17.2 Å². The van der Waals surface area contributed by atoms with Crippen LogP contribution in [0.5, 0.6) is 5.75 Å². The van der Waals surface area contributed by atoms with Crippen molar-refractivity contribution in [2.24, 2.45) is 0 Å². The molecule has 0 atom stereocenters. The van der Waals surface area contributed by atoms with Gasteiger partial charge in [-0.25, -0.2) is 8.42 Å². The predicted molar refractivity (Wildman–Crippen MR) is 76.7 cm³/mol. The van der Waals surface area contributed by atoms with Gasteiger partial charge >= 0.3 is 6.36 Å². The smallest absolute Gasteiger partial charge is 0.405 e. The van der Waals surface area contributed by atoms with Crippen LogP contribution in [0.25, 0.3) is 0 Å². The molecule has 0 saturated heterocycles. The minimum Gasteiger partial charge on any atom is -0.405 e. The molecule has 6 nitrogen and oxygen atoms in total. The van der Waals surface area contributed by atoms with Gasteiger partial charge in [0.25, 0.3) is 0 Å². The zero-order chi connectivity index (χ0) is 17.8. The van der Waals surface area contributed by atoms with Gasteiger partial charge in [0, 0.05) is 18.7 Å². The number of rotatable bonds is 7. The van der Waals surface area contributed by atoms with E-state index in [-0.39, 0.29) is 17.9 Å². The van der Waals surface area contributed by atoms with E-state index in [1.807, 2.05) is 0 Å². The molecule has 0 radical (unpaired) electrons. The van der Waals surface area contributed by atoms with Crippen LogP contribution >= 0.6 is 0 Å². The van der Waals surface area contributed by atoms with Gasteiger partial charge in [0.2, 0.25) is 0 Å². The molecule has 132 valence electrons. The van der Waals surface area contributed by atoms with Crippen LogP contribution in [0.2, 0.25) is 0 Å². The number of alkyl halides is 3. The van der Waals surface area contributed by atoms with Crippen molar-refractivity contribution >= 4 is 9.84 Å². The lowest BCUT2D eigenvalue weighted by Crippen LogP contribution is -2.19. The molecule has 10 heteroatoms. The molecule has 24 heavy (non-hydrogen) atoms. The molecule has 0 N–H and O–H groups in total. The number of nitrogens with zero attached hydrogens (tertiary/aromatic N) is 1. The molecule has 0 aliphatic rings. The second-order valence-electron chi connectivity index (χ2n) is 4.91. The maximum Gasteiger partial charge on any atom is 0.573 e. The van der Waals surface area contributed by atoms with Gasteiger partial charge in [-0.15, -0.1) is 13.2 Å². The second kappa shape index (κ2) is 7.22. The lowest BCUT2D eigenvalue weighted by Gasteiger charge is -2.13. The van der Waals surface area contributed by atoms with Crippen molar-refractivity contribution in [2.75, 3.05) is 7.11 Å². The first-order valence-electron chi connectivity index (χ1n) is 6.66. The molecule has 0 aliphatic heterocycles. The fourth-order valence-electron chi connectivity index (χ4n) is 1.99. The highest BCUT2D eigenvalue weighted by Crippen LogP contribution is 2.28. The molecule has 2 aromatic rings.